The van der Waals surface area contributed by atoms with Crippen molar-refractivity contribution in [2.75, 3.05) is 0 Å². The smallest absolute Gasteiger partial charge is 0.277 e. The molecule has 0 aliphatic heterocycles. The van der Waals surface area contributed by atoms with Crippen molar-refractivity contribution in [3.8, 4) is 0 Å². The zero-order valence-corrected chi connectivity index (χ0v) is 8.28. The Balaban J connectivity index is 2.63. The van der Waals surface area contributed by atoms with Crippen LogP contribution < -0.4 is 0 Å². The molecule has 1 aromatic carbocycles. The molecule has 0 saturated heterocycles. The van der Waals surface area contributed by atoms with E-state index in [1.807, 2.05) is 0 Å². The molecule has 74 valence electrons. The fourth-order valence-corrected chi connectivity index (χ4v) is 1.60. The average Bonchev–Trinajstić information content (AvgIpc) is 2.46. The third-order valence-electron chi connectivity index (χ3n) is 1.84. The standard InChI is InChI=1S/C8H4BrF3N2/c9-7-5-2-1-4(8(10,11)12)3-6(5)13-14-7/h1-3H,(H,13,14). The first-order valence-corrected chi connectivity index (χ1v) is 4.48. The molecule has 1 N–H and O–H groups in total. The lowest BCUT2D eigenvalue weighted by Crippen LogP contribution is -2.03. The average molecular weight is 265 g/mol. The molecule has 0 saturated carbocycles. The number of H-pyrrole nitrogens is 1. The molecule has 1 heterocycles. The number of aromatic amines is 1. The van der Waals surface area contributed by atoms with Crippen LogP contribution in [0.15, 0.2) is 22.8 Å². The van der Waals surface area contributed by atoms with Crippen molar-refractivity contribution >= 4 is 26.8 Å². The Morgan fingerprint density at radius 1 is 1.29 bits per heavy atom. The van der Waals surface area contributed by atoms with E-state index in [1.54, 1.807) is 0 Å². The molecule has 2 nitrogen and oxygen atoms in total. The van der Waals surface area contributed by atoms with Crippen LogP contribution in [0.3, 0.4) is 0 Å². The van der Waals surface area contributed by atoms with E-state index >= 15 is 0 Å². The Morgan fingerprint density at radius 2 is 2.00 bits per heavy atom. The van der Waals surface area contributed by atoms with E-state index in [-0.39, 0.29) is 0 Å². The van der Waals surface area contributed by atoms with Crippen LogP contribution in [0.25, 0.3) is 10.9 Å². The first-order valence-electron chi connectivity index (χ1n) is 3.69. The third-order valence-corrected chi connectivity index (χ3v) is 2.45. The fraction of sp³-hybridized carbons (Fsp3) is 0.125. The Kier molecular flexibility index (Phi) is 2.02. The molecule has 14 heavy (non-hydrogen) atoms. The second-order valence-corrected chi connectivity index (χ2v) is 3.52. The van der Waals surface area contributed by atoms with Gasteiger partial charge in [0.05, 0.1) is 11.1 Å². The number of fused-ring (bicyclic) bond motifs is 1. The van der Waals surface area contributed by atoms with Crippen molar-refractivity contribution in [1.82, 2.24) is 10.2 Å². The zero-order chi connectivity index (χ0) is 10.3. The molecule has 2 rings (SSSR count). The van der Waals surface area contributed by atoms with Gasteiger partial charge in [0.25, 0.3) is 0 Å². The maximum atomic E-state index is 12.3. The molecule has 0 unspecified atom stereocenters. The molecule has 0 fully saturated rings. The molecule has 0 spiro atoms. The summed E-state index contributed by atoms with van der Waals surface area (Å²) in [7, 11) is 0. The van der Waals surface area contributed by atoms with Crippen molar-refractivity contribution in [1.29, 1.82) is 0 Å². The van der Waals surface area contributed by atoms with E-state index < -0.39 is 11.7 Å². The number of hydrogen-bond donors (Lipinski definition) is 1. The van der Waals surface area contributed by atoms with Crippen LogP contribution in [-0.2, 0) is 6.18 Å². The minimum Gasteiger partial charge on any atom is -0.277 e. The molecule has 0 amide bonds. The molecule has 1 aromatic heterocycles. The second kappa shape index (κ2) is 2.98. The van der Waals surface area contributed by atoms with Gasteiger partial charge in [-0.1, -0.05) is 0 Å². The van der Waals surface area contributed by atoms with Gasteiger partial charge < -0.3 is 0 Å². The summed E-state index contributed by atoms with van der Waals surface area (Å²) in [5, 5.41) is 6.88. The van der Waals surface area contributed by atoms with Crippen LogP contribution in [0.4, 0.5) is 13.2 Å². The van der Waals surface area contributed by atoms with Crippen LogP contribution in [0.2, 0.25) is 0 Å². The maximum absolute atomic E-state index is 12.3. The number of nitrogens with zero attached hydrogens (tertiary/aromatic N) is 1. The largest absolute Gasteiger partial charge is 0.416 e. The van der Waals surface area contributed by atoms with Crippen molar-refractivity contribution in [2.45, 2.75) is 6.18 Å². The predicted octanol–water partition coefficient (Wildman–Crippen LogP) is 3.34. The van der Waals surface area contributed by atoms with Crippen LogP contribution in [0.5, 0.6) is 0 Å². The number of alkyl halides is 3. The summed E-state index contributed by atoms with van der Waals surface area (Å²) in [6.07, 6.45) is -4.31. The minimum absolute atomic E-state index is 0.367. The van der Waals surface area contributed by atoms with Crippen LogP contribution in [0, 0.1) is 0 Å². The number of benzene rings is 1. The highest BCUT2D eigenvalue weighted by atomic mass is 79.9. The van der Waals surface area contributed by atoms with E-state index in [1.165, 1.54) is 6.07 Å². The van der Waals surface area contributed by atoms with Crippen molar-refractivity contribution in [3.63, 3.8) is 0 Å². The highest BCUT2D eigenvalue weighted by molar-refractivity contribution is 9.10. The lowest BCUT2D eigenvalue weighted by molar-refractivity contribution is -0.137. The topological polar surface area (TPSA) is 28.7 Å². The highest BCUT2D eigenvalue weighted by Gasteiger charge is 2.30. The van der Waals surface area contributed by atoms with Crippen LogP contribution in [0.1, 0.15) is 5.56 Å². The summed E-state index contributed by atoms with van der Waals surface area (Å²) < 4.78 is 37.3. The molecule has 0 radical (unpaired) electrons. The van der Waals surface area contributed by atoms with E-state index in [9.17, 15) is 13.2 Å². The van der Waals surface area contributed by atoms with Gasteiger partial charge in [-0.25, -0.2) is 0 Å². The lowest BCUT2D eigenvalue weighted by atomic mass is 10.1. The Hall–Kier alpha value is -1.04. The van der Waals surface area contributed by atoms with Gasteiger partial charge in [-0.3, -0.25) is 5.10 Å². The van der Waals surface area contributed by atoms with Gasteiger partial charge in [0.2, 0.25) is 0 Å². The molecular formula is C8H4BrF3N2. The Labute approximate surface area is 85.2 Å². The second-order valence-electron chi connectivity index (χ2n) is 2.77. The van der Waals surface area contributed by atoms with E-state index in [2.05, 4.69) is 26.1 Å². The number of aromatic nitrogens is 2. The molecule has 0 atom stereocenters. The summed E-state index contributed by atoms with van der Waals surface area (Å²) in [4.78, 5) is 0. The summed E-state index contributed by atoms with van der Waals surface area (Å²) >= 11 is 3.12. The van der Waals surface area contributed by atoms with Gasteiger partial charge in [-0.15, -0.1) is 0 Å². The highest BCUT2D eigenvalue weighted by Crippen LogP contribution is 2.32. The van der Waals surface area contributed by atoms with E-state index in [0.29, 0.717) is 15.5 Å². The monoisotopic (exact) mass is 264 g/mol. The number of rotatable bonds is 0. The first kappa shape index (κ1) is 9.51. The van der Waals surface area contributed by atoms with Gasteiger partial charge in [0, 0.05) is 5.39 Å². The fourth-order valence-electron chi connectivity index (χ4n) is 1.16. The quantitative estimate of drug-likeness (QED) is 0.777. The van der Waals surface area contributed by atoms with Gasteiger partial charge >= 0.3 is 6.18 Å². The van der Waals surface area contributed by atoms with Crippen LogP contribution >= 0.6 is 15.9 Å². The van der Waals surface area contributed by atoms with Gasteiger partial charge in [-0.05, 0) is 34.1 Å². The summed E-state index contributed by atoms with van der Waals surface area (Å²) in [6.45, 7) is 0. The van der Waals surface area contributed by atoms with E-state index in [4.69, 9.17) is 0 Å². The summed E-state index contributed by atoms with van der Waals surface area (Å²) in [5.41, 5.74) is -0.312. The van der Waals surface area contributed by atoms with Gasteiger partial charge in [-0.2, -0.15) is 18.3 Å². The predicted molar refractivity (Wildman–Crippen MR) is 48.8 cm³/mol. The molecule has 0 aliphatic carbocycles. The molecule has 2 aromatic rings. The third kappa shape index (κ3) is 1.50. The SMILES string of the molecule is FC(F)(F)c1ccc2c(Br)n[nH]c2c1. The first-order chi connectivity index (χ1) is 6.48. The molecule has 6 heteroatoms. The van der Waals surface area contributed by atoms with Gasteiger partial charge in [0.15, 0.2) is 0 Å². The number of halogens is 4. The van der Waals surface area contributed by atoms with Gasteiger partial charge in [0.1, 0.15) is 4.60 Å². The zero-order valence-electron chi connectivity index (χ0n) is 6.69. The maximum Gasteiger partial charge on any atom is 0.416 e. The normalized spacial score (nSPS) is 12.3. The Morgan fingerprint density at radius 3 is 2.64 bits per heavy atom. The summed E-state index contributed by atoms with van der Waals surface area (Å²) in [6, 6.07) is 3.45. The van der Waals surface area contributed by atoms with Crippen molar-refractivity contribution in [2.24, 2.45) is 0 Å². The van der Waals surface area contributed by atoms with Crippen molar-refractivity contribution in [3.05, 3.63) is 28.4 Å². The molecule has 0 aliphatic rings. The number of nitrogens with one attached hydrogen (secondary N) is 1. The lowest BCUT2D eigenvalue weighted by Gasteiger charge is -2.05. The molecule has 0 bridgehead atoms. The number of hydrogen-bond acceptors (Lipinski definition) is 1. The van der Waals surface area contributed by atoms with E-state index in [0.717, 1.165) is 12.1 Å². The molecular weight excluding hydrogens is 261 g/mol. The van der Waals surface area contributed by atoms with Crippen LogP contribution in [-0.4, -0.2) is 10.2 Å². The van der Waals surface area contributed by atoms with Crippen molar-refractivity contribution < 1.29 is 13.2 Å². The Bertz CT molecular complexity index is 475. The minimum atomic E-state index is -4.31. The summed E-state index contributed by atoms with van der Waals surface area (Å²) in [5.74, 6) is 0.